The maximum atomic E-state index is 8.46. The van der Waals surface area contributed by atoms with Gasteiger partial charge >= 0.3 is 0 Å². The first-order chi connectivity index (χ1) is 6.81. The van der Waals surface area contributed by atoms with Gasteiger partial charge in [0.05, 0.1) is 12.2 Å². The second-order valence-corrected chi connectivity index (χ2v) is 5.50. The number of rotatable bonds is 2. The number of nitriles is 1. The molecule has 2 saturated carbocycles. The molecule has 1 aliphatic heterocycles. The fourth-order valence-electron chi connectivity index (χ4n) is 3.31. The molecule has 0 aromatic carbocycles. The minimum absolute atomic E-state index is 0.114. The van der Waals surface area contributed by atoms with Crippen LogP contribution in [-0.4, -0.2) is 23.8 Å². The van der Waals surface area contributed by atoms with E-state index in [-0.39, 0.29) is 12.9 Å². The Morgan fingerprint density at radius 3 is 2.86 bits per heavy atom. The molecule has 0 N–H and O–H groups in total. The van der Waals surface area contributed by atoms with Gasteiger partial charge in [-0.25, -0.2) is 0 Å². The van der Waals surface area contributed by atoms with Crippen LogP contribution in [0.1, 0.15) is 12.8 Å². The molecule has 76 valence electrons. The summed E-state index contributed by atoms with van der Waals surface area (Å²) >= 11 is 3.70. The summed E-state index contributed by atoms with van der Waals surface area (Å²) in [7, 11) is 0. The van der Waals surface area contributed by atoms with E-state index in [1.807, 2.05) is 6.07 Å². The minimum Gasteiger partial charge on any atom is -0.348 e. The van der Waals surface area contributed by atoms with Crippen LogP contribution in [-0.2, 0) is 9.47 Å². The molecule has 0 aromatic rings. The largest absolute Gasteiger partial charge is 0.348 e. The molecular weight excluding hydrogens is 246 g/mol. The fourth-order valence-corrected chi connectivity index (χ4v) is 4.26. The van der Waals surface area contributed by atoms with E-state index >= 15 is 0 Å². The lowest BCUT2D eigenvalue weighted by molar-refractivity contribution is -0.134. The molecule has 1 heterocycles. The standard InChI is InChI=1S/C10H12BrNO2/c11-8-5-3-6-7(4-5)10(13-2-1-12)14-9(6)8/h5-10H,2-4H2/t5?,6?,7?,8-,9?,10-/m0/s1. The van der Waals surface area contributed by atoms with Crippen molar-refractivity contribution in [3.05, 3.63) is 0 Å². The third-order valence-electron chi connectivity index (χ3n) is 3.84. The first-order valence-corrected chi connectivity index (χ1v) is 6.01. The molecule has 0 spiro atoms. The summed E-state index contributed by atoms with van der Waals surface area (Å²) < 4.78 is 11.2. The third-order valence-corrected chi connectivity index (χ3v) is 5.11. The van der Waals surface area contributed by atoms with Crippen LogP contribution in [0.2, 0.25) is 0 Å². The zero-order chi connectivity index (χ0) is 9.71. The number of fused-ring (bicyclic) bond motifs is 1. The second-order valence-electron chi connectivity index (χ2n) is 4.44. The highest BCUT2D eigenvalue weighted by molar-refractivity contribution is 9.09. The predicted molar refractivity (Wildman–Crippen MR) is 52.6 cm³/mol. The summed E-state index contributed by atoms with van der Waals surface area (Å²) in [5.74, 6) is 1.99. The van der Waals surface area contributed by atoms with Crippen LogP contribution >= 0.6 is 15.9 Å². The highest BCUT2D eigenvalue weighted by Crippen LogP contribution is 2.58. The molecule has 2 bridgehead atoms. The molecule has 3 fully saturated rings. The molecule has 14 heavy (non-hydrogen) atoms. The summed E-state index contributed by atoms with van der Waals surface area (Å²) in [5.41, 5.74) is 0. The van der Waals surface area contributed by atoms with Crippen LogP contribution in [0, 0.1) is 29.1 Å². The molecule has 0 amide bonds. The van der Waals surface area contributed by atoms with Crippen LogP contribution < -0.4 is 0 Å². The highest BCUT2D eigenvalue weighted by Gasteiger charge is 2.60. The Morgan fingerprint density at radius 1 is 1.43 bits per heavy atom. The van der Waals surface area contributed by atoms with E-state index in [1.54, 1.807) is 0 Å². The summed E-state index contributed by atoms with van der Waals surface area (Å²) in [5, 5.41) is 8.46. The lowest BCUT2D eigenvalue weighted by Crippen LogP contribution is -2.26. The minimum atomic E-state index is -0.114. The van der Waals surface area contributed by atoms with E-state index in [0.717, 1.165) is 5.92 Å². The van der Waals surface area contributed by atoms with Crippen molar-refractivity contribution >= 4 is 15.9 Å². The van der Waals surface area contributed by atoms with Crippen LogP contribution in [0.5, 0.6) is 0 Å². The van der Waals surface area contributed by atoms with Gasteiger partial charge in [-0.15, -0.1) is 0 Å². The van der Waals surface area contributed by atoms with Crippen LogP contribution in [0.3, 0.4) is 0 Å². The first kappa shape index (κ1) is 9.14. The van der Waals surface area contributed by atoms with Gasteiger partial charge in [0, 0.05) is 10.7 Å². The number of alkyl halides is 1. The molecule has 1 saturated heterocycles. The SMILES string of the molecule is N#CCO[C@H]1OC2C3CC(CC31)[C@@H]2Br. The van der Waals surface area contributed by atoms with Gasteiger partial charge in [0.25, 0.3) is 0 Å². The van der Waals surface area contributed by atoms with Crippen molar-refractivity contribution in [1.82, 2.24) is 0 Å². The third kappa shape index (κ3) is 1.09. The van der Waals surface area contributed by atoms with E-state index in [2.05, 4.69) is 15.9 Å². The Hall–Kier alpha value is -0.110. The molecular formula is C10H12BrNO2. The van der Waals surface area contributed by atoms with Crippen LogP contribution in [0.4, 0.5) is 0 Å². The Bertz CT molecular complexity index is 290. The van der Waals surface area contributed by atoms with E-state index in [9.17, 15) is 0 Å². The van der Waals surface area contributed by atoms with Crippen molar-refractivity contribution in [2.45, 2.75) is 30.1 Å². The van der Waals surface area contributed by atoms with Crippen LogP contribution in [0.25, 0.3) is 0 Å². The molecule has 4 unspecified atom stereocenters. The lowest BCUT2D eigenvalue weighted by Gasteiger charge is -2.20. The van der Waals surface area contributed by atoms with E-state index in [4.69, 9.17) is 14.7 Å². The van der Waals surface area contributed by atoms with Crippen molar-refractivity contribution in [3.63, 3.8) is 0 Å². The number of halogens is 1. The molecule has 3 nitrogen and oxygen atoms in total. The Kier molecular flexibility index (Phi) is 2.08. The molecule has 0 radical (unpaired) electrons. The predicted octanol–water partition coefficient (Wildman–Crippen LogP) is 1.67. The average Bonchev–Trinajstić information content (AvgIpc) is 2.76. The van der Waals surface area contributed by atoms with Crippen molar-refractivity contribution in [2.75, 3.05) is 6.61 Å². The lowest BCUT2D eigenvalue weighted by atomic mass is 9.89. The van der Waals surface area contributed by atoms with Gasteiger partial charge in [-0.05, 0) is 24.7 Å². The zero-order valence-electron chi connectivity index (χ0n) is 7.73. The van der Waals surface area contributed by atoms with Crippen molar-refractivity contribution < 1.29 is 9.47 Å². The smallest absolute Gasteiger partial charge is 0.162 e. The summed E-state index contributed by atoms with van der Waals surface area (Å²) in [6, 6.07) is 2.00. The number of hydrogen-bond donors (Lipinski definition) is 0. The zero-order valence-corrected chi connectivity index (χ0v) is 9.31. The number of ether oxygens (including phenoxy) is 2. The van der Waals surface area contributed by atoms with Gasteiger partial charge in [0.1, 0.15) is 6.61 Å². The summed E-state index contributed by atoms with van der Waals surface area (Å²) in [4.78, 5) is 0.513. The topological polar surface area (TPSA) is 42.2 Å². The Morgan fingerprint density at radius 2 is 2.21 bits per heavy atom. The molecule has 3 rings (SSSR count). The van der Waals surface area contributed by atoms with E-state index in [1.165, 1.54) is 12.8 Å². The summed E-state index contributed by atoms with van der Waals surface area (Å²) in [6.45, 7) is 0.151. The fraction of sp³-hybridized carbons (Fsp3) is 0.900. The van der Waals surface area contributed by atoms with Gasteiger partial charge in [0.15, 0.2) is 6.29 Å². The monoisotopic (exact) mass is 257 g/mol. The molecule has 0 aromatic heterocycles. The molecule has 6 atom stereocenters. The van der Waals surface area contributed by atoms with E-state index < -0.39 is 0 Å². The van der Waals surface area contributed by atoms with Crippen molar-refractivity contribution in [1.29, 1.82) is 5.26 Å². The maximum Gasteiger partial charge on any atom is 0.162 e. The molecule has 2 aliphatic carbocycles. The molecule has 4 heteroatoms. The van der Waals surface area contributed by atoms with Gasteiger partial charge < -0.3 is 9.47 Å². The maximum absolute atomic E-state index is 8.46. The van der Waals surface area contributed by atoms with Crippen molar-refractivity contribution in [3.8, 4) is 6.07 Å². The normalized spacial score (nSPS) is 53.7. The van der Waals surface area contributed by atoms with Gasteiger partial charge in [-0.1, -0.05) is 15.9 Å². The quantitative estimate of drug-likeness (QED) is 0.707. The van der Waals surface area contributed by atoms with Gasteiger partial charge in [-0.3, -0.25) is 0 Å². The first-order valence-electron chi connectivity index (χ1n) is 5.09. The van der Waals surface area contributed by atoms with Gasteiger partial charge in [0.2, 0.25) is 0 Å². The van der Waals surface area contributed by atoms with Gasteiger partial charge in [-0.2, -0.15) is 5.26 Å². The number of nitrogens with zero attached hydrogens (tertiary/aromatic N) is 1. The highest BCUT2D eigenvalue weighted by atomic mass is 79.9. The Labute approximate surface area is 91.5 Å². The second kappa shape index (κ2) is 3.19. The Balaban J connectivity index is 1.74. The van der Waals surface area contributed by atoms with E-state index in [0.29, 0.717) is 22.8 Å². The van der Waals surface area contributed by atoms with Crippen molar-refractivity contribution in [2.24, 2.45) is 17.8 Å². The number of hydrogen-bond acceptors (Lipinski definition) is 3. The summed E-state index contributed by atoms with van der Waals surface area (Å²) in [6.07, 6.45) is 2.70. The van der Waals surface area contributed by atoms with Crippen LogP contribution in [0.15, 0.2) is 0 Å². The average molecular weight is 258 g/mol. The molecule has 3 aliphatic rings.